The van der Waals surface area contributed by atoms with Crippen LogP contribution in [-0.2, 0) is 14.6 Å². The van der Waals surface area contributed by atoms with Crippen LogP contribution >= 0.6 is 11.3 Å². The molecule has 5 nitrogen and oxygen atoms in total. The number of rotatable bonds is 5. The van der Waals surface area contributed by atoms with Crippen LogP contribution in [0.5, 0.6) is 0 Å². The number of carbonyl (C=O) groups excluding carboxylic acids is 1. The Morgan fingerprint density at radius 3 is 2.75 bits per heavy atom. The monoisotopic (exact) mass is 365 g/mol. The lowest BCUT2D eigenvalue weighted by Crippen LogP contribution is -2.30. The summed E-state index contributed by atoms with van der Waals surface area (Å²) in [6.45, 7) is 1.18. The van der Waals surface area contributed by atoms with Gasteiger partial charge in [-0.25, -0.2) is 8.42 Å². The molecule has 0 bridgehead atoms. The molecule has 7 heteroatoms. The van der Waals surface area contributed by atoms with Crippen LogP contribution in [-0.4, -0.2) is 33.7 Å². The minimum Gasteiger partial charge on any atom is -0.373 e. The van der Waals surface area contributed by atoms with Gasteiger partial charge in [0.25, 0.3) is 5.91 Å². The molecule has 1 aliphatic rings. The summed E-state index contributed by atoms with van der Waals surface area (Å²) in [5.74, 6) is -0.0378. The molecule has 2 aromatic rings. The highest BCUT2D eigenvalue weighted by Crippen LogP contribution is 2.34. The van der Waals surface area contributed by atoms with E-state index in [4.69, 9.17) is 4.74 Å². The third kappa shape index (κ3) is 3.85. The van der Waals surface area contributed by atoms with Crippen molar-refractivity contribution in [2.45, 2.75) is 16.7 Å². The molecule has 2 heterocycles. The molecule has 0 radical (unpaired) electrons. The largest absolute Gasteiger partial charge is 0.373 e. The number of hydrogen-bond acceptors (Lipinski definition) is 5. The molecule has 0 unspecified atom stereocenters. The van der Waals surface area contributed by atoms with E-state index in [1.807, 2.05) is 30.3 Å². The predicted molar refractivity (Wildman–Crippen MR) is 93.0 cm³/mol. The predicted octanol–water partition coefficient (Wildman–Crippen LogP) is 2.66. The third-order valence-electron chi connectivity index (χ3n) is 4.07. The Morgan fingerprint density at radius 2 is 2.08 bits per heavy atom. The Labute approximate surface area is 145 Å². The second-order valence-corrected chi connectivity index (χ2v) is 9.04. The molecule has 3 rings (SSSR count). The fraction of sp³-hybridized carbons (Fsp3) is 0.353. The van der Waals surface area contributed by atoms with Gasteiger partial charge < -0.3 is 10.1 Å². The van der Waals surface area contributed by atoms with Gasteiger partial charge in [-0.1, -0.05) is 30.3 Å². The molecule has 1 aliphatic heterocycles. The van der Waals surface area contributed by atoms with Crippen LogP contribution in [0.1, 0.15) is 28.4 Å². The van der Waals surface area contributed by atoms with E-state index in [-0.39, 0.29) is 22.1 Å². The zero-order chi connectivity index (χ0) is 17.2. The highest BCUT2D eigenvalue weighted by Gasteiger charge is 2.30. The number of amides is 1. The van der Waals surface area contributed by atoms with Gasteiger partial charge in [0.1, 0.15) is 4.21 Å². The Balaban J connectivity index is 1.63. The van der Waals surface area contributed by atoms with Gasteiger partial charge in [0.05, 0.1) is 11.7 Å². The van der Waals surface area contributed by atoms with E-state index in [2.05, 4.69) is 5.32 Å². The number of ether oxygens (including phenoxy) is 1. The standard InChI is InChI=1S/C17H19NO4S2/c1-24(20,21)15-9-14(11-23-15)17(19)18-10-13-7-8-22-16(13)12-5-3-2-4-6-12/h2-6,9,11,13,16H,7-8,10H2,1H3,(H,18,19)/t13-,16-/m0/s1. The summed E-state index contributed by atoms with van der Waals surface area (Å²) in [7, 11) is -3.27. The van der Waals surface area contributed by atoms with Gasteiger partial charge in [0.15, 0.2) is 9.84 Å². The normalized spacial score (nSPS) is 20.9. The fourth-order valence-corrected chi connectivity index (χ4v) is 4.61. The molecule has 1 aromatic carbocycles. The van der Waals surface area contributed by atoms with Crippen molar-refractivity contribution in [3.63, 3.8) is 0 Å². The van der Waals surface area contributed by atoms with Gasteiger partial charge >= 0.3 is 0 Å². The van der Waals surface area contributed by atoms with E-state index < -0.39 is 9.84 Å². The summed E-state index contributed by atoms with van der Waals surface area (Å²) >= 11 is 1.07. The molecular formula is C17H19NO4S2. The fourth-order valence-electron chi connectivity index (χ4n) is 2.81. The molecule has 1 N–H and O–H groups in total. The molecular weight excluding hydrogens is 346 g/mol. The smallest absolute Gasteiger partial charge is 0.252 e. The van der Waals surface area contributed by atoms with E-state index in [1.165, 1.54) is 6.07 Å². The highest BCUT2D eigenvalue weighted by molar-refractivity contribution is 7.92. The third-order valence-corrected chi connectivity index (χ3v) is 6.84. The molecule has 2 atom stereocenters. The van der Waals surface area contributed by atoms with Gasteiger partial charge in [-0.15, -0.1) is 11.3 Å². The molecule has 0 spiro atoms. The van der Waals surface area contributed by atoms with Crippen LogP contribution in [0.4, 0.5) is 0 Å². The number of carbonyl (C=O) groups is 1. The van der Waals surface area contributed by atoms with Gasteiger partial charge in [0.2, 0.25) is 0 Å². The van der Waals surface area contributed by atoms with Crippen molar-refractivity contribution in [1.29, 1.82) is 0 Å². The minimum atomic E-state index is -3.27. The first-order valence-corrected chi connectivity index (χ1v) is 10.5. The van der Waals surface area contributed by atoms with E-state index in [1.54, 1.807) is 5.38 Å². The number of benzene rings is 1. The average Bonchev–Trinajstić information content (AvgIpc) is 3.22. The van der Waals surface area contributed by atoms with Crippen molar-refractivity contribution in [1.82, 2.24) is 5.32 Å². The topological polar surface area (TPSA) is 72.5 Å². The average molecular weight is 365 g/mol. The first kappa shape index (κ1) is 17.1. The molecule has 1 aromatic heterocycles. The van der Waals surface area contributed by atoms with E-state index in [0.29, 0.717) is 18.7 Å². The molecule has 1 fully saturated rings. The first-order chi connectivity index (χ1) is 11.4. The number of sulfone groups is 1. The maximum Gasteiger partial charge on any atom is 0.252 e. The van der Waals surface area contributed by atoms with Gasteiger partial charge in [-0.3, -0.25) is 4.79 Å². The first-order valence-electron chi connectivity index (χ1n) is 7.68. The summed E-state index contributed by atoms with van der Waals surface area (Å²) in [4.78, 5) is 12.2. The second-order valence-electron chi connectivity index (χ2n) is 5.89. The van der Waals surface area contributed by atoms with Crippen LogP contribution in [0.15, 0.2) is 46.0 Å². The summed E-state index contributed by atoms with van der Waals surface area (Å²) in [6, 6.07) is 11.4. The molecule has 128 valence electrons. The molecule has 24 heavy (non-hydrogen) atoms. The summed E-state index contributed by atoms with van der Waals surface area (Å²) < 4.78 is 29.0. The summed E-state index contributed by atoms with van der Waals surface area (Å²) in [6.07, 6.45) is 2.01. The quantitative estimate of drug-likeness (QED) is 0.884. The van der Waals surface area contributed by atoms with Crippen molar-refractivity contribution in [3.8, 4) is 0 Å². The van der Waals surface area contributed by atoms with Crippen molar-refractivity contribution < 1.29 is 17.9 Å². The molecule has 1 saturated heterocycles. The van der Waals surface area contributed by atoms with Crippen molar-refractivity contribution >= 4 is 27.1 Å². The Hall–Kier alpha value is -1.70. The van der Waals surface area contributed by atoms with E-state index in [9.17, 15) is 13.2 Å². The lowest BCUT2D eigenvalue weighted by Gasteiger charge is -2.19. The lowest BCUT2D eigenvalue weighted by molar-refractivity contribution is 0.0846. The maximum absolute atomic E-state index is 12.2. The summed E-state index contributed by atoms with van der Waals surface area (Å²) in [5, 5.41) is 4.47. The van der Waals surface area contributed by atoms with Crippen molar-refractivity contribution in [2.75, 3.05) is 19.4 Å². The molecule has 0 aliphatic carbocycles. The SMILES string of the molecule is CS(=O)(=O)c1cc(C(=O)NC[C@@H]2CCO[C@H]2c2ccccc2)cs1. The van der Waals surface area contributed by atoms with Crippen LogP contribution in [0.2, 0.25) is 0 Å². The second kappa shape index (κ2) is 7.04. The number of nitrogens with one attached hydrogen (secondary N) is 1. The van der Waals surface area contributed by atoms with Crippen LogP contribution in [0.3, 0.4) is 0 Å². The van der Waals surface area contributed by atoms with Crippen molar-refractivity contribution in [2.24, 2.45) is 5.92 Å². The van der Waals surface area contributed by atoms with Gasteiger partial charge in [-0.05, 0) is 18.1 Å². The lowest BCUT2D eigenvalue weighted by atomic mass is 9.95. The zero-order valence-corrected chi connectivity index (χ0v) is 14.9. The Kier molecular flexibility index (Phi) is 5.03. The van der Waals surface area contributed by atoms with Crippen LogP contribution in [0.25, 0.3) is 0 Å². The Bertz CT molecular complexity index is 814. The van der Waals surface area contributed by atoms with Crippen molar-refractivity contribution in [3.05, 3.63) is 52.9 Å². The number of hydrogen-bond donors (Lipinski definition) is 1. The maximum atomic E-state index is 12.2. The molecule has 1 amide bonds. The minimum absolute atomic E-state index is 0.0134. The molecule has 0 saturated carbocycles. The summed E-state index contributed by atoms with van der Waals surface area (Å²) in [5.41, 5.74) is 1.50. The van der Waals surface area contributed by atoms with E-state index >= 15 is 0 Å². The van der Waals surface area contributed by atoms with Crippen LogP contribution in [0, 0.1) is 5.92 Å². The highest BCUT2D eigenvalue weighted by atomic mass is 32.2. The Morgan fingerprint density at radius 1 is 1.33 bits per heavy atom. The van der Waals surface area contributed by atoms with Crippen LogP contribution < -0.4 is 5.32 Å². The number of thiophene rings is 1. The van der Waals surface area contributed by atoms with Gasteiger partial charge in [-0.2, -0.15) is 0 Å². The van der Waals surface area contributed by atoms with Gasteiger partial charge in [0, 0.05) is 30.7 Å². The zero-order valence-electron chi connectivity index (χ0n) is 13.3. The van der Waals surface area contributed by atoms with E-state index in [0.717, 1.165) is 29.6 Å².